The second-order valence-corrected chi connectivity index (χ2v) is 2.64. The fourth-order valence-corrected chi connectivity index (χ4v) is 0.941. The Balaban J connectivity index is 4.87. The highest BCUT2D eigenvalue weighted by Crippen LogP contribution is 2.11. The predicted octanol–water partition coefficient (Wildman–Crippen LogP) is 1.44. The summed E-state index contributed by atoms with van der Waals surface area (Å²) in [6, 6.07) is 0. The van der Waals surface area contributed by atoms with E-state index in [0.29, 0.717) is 12.4 Å². The number of hydrogen-bond donors (Lipinski definition) is 2. The lowest BCUT2D eigenvalue weighted by Gasteiger charge is -2.08. The molecule has 0 aromatic heterocycles. The average molecular weight is 196 g/mol. The smallest absolute Gasteiger partial charge is 0.492 e. The molecule has 0 atom stereocenters. The molecule has 2 N–H and O–H groups in total. The number of rotatable bonds is 6. The monoisotopic (exact) mass is 196 g/mol. The van der Waals surface area contributed by atoms with Gasteiger partial charge in [-0.25, -0.2) is 0 Å². The quantitative estimate of drug-likeness (QED) is 0.384. The van der Waals surface area contributed by atoms with Crippen LogP contribution in [0.2, 0.25) is 0 Å². The Morgan fingerprint density at radius 3 is 2.43 bits per heavy atom. The van der Waals surface area contributed by atoms with Gasteiger partial charge in [0.1, 0.15) is 5.76 Å². The van der Waals surface area contributed by atoms with Crippen molar-refractivity contribution >= 4 is 7.12 Å². The third kappa shape index (κ3) is 4.30. The fourth-order valence-electron chi connectivity index (χ4n) is 0.941. The molecule has 0 spiro atoms. The van der Waals surface area contributed by atoms with Crippen LogP contribution in [-0.2, 0) is 4.74 Å². The summed E-state index contributed by atoms with van der Waals surface area (Å²) in [6.07, 6.45) is 5.86. The van der Waals surface area contributed by atoms with E-state index >= 15 is 0 Å². The summed E-state index contributed by atoms with van der Waals surface area (Å²) < 4.78 is 5.26. The minimum Gasteiger partial charge on any atom is -0.494 e. The van der Waals surface area contributed by atoms with E-state index in [9.17, 15) is 0 Å². The first-order valence-corrected chi connectivity index (χ1v) is 4.69. The second kappa shape index (κ2) is 7.41. The standard InChI is InChI=1S/C10H17BO3/c1-4-7-8-10(14-6-3)9(5-2)11(12)13/h5,7-8,12-13H,2,4,6H2,1,3H3/b8-7-,10-9-. The van der Waals surface area contributed by atoms with Gasteiger partial charge >= 0.3 is 7.12 Å². The van der Waals surface area contributed by atoms with Gasteiger partial charge in [-0.05, 0) is 19.4 Å². The first kappa shape index (κ1) is 13.0. The van der Waals surface area contributed by atoms with Gasteiger partial charge in [0.15, 0.2) is 0 Å². The largest absolute Gasteiger partial charge is 0.494 e. The summed E-state index contributed by atoms with van der Waals surface area (Å²) >= 11 is 0. The Kier molecular flexibility index (Phi) is 6.89. The van der Waals surface area contributed by atoms with Crippen molar-refractivity contribution < 1.29 is 14.8 Å². The molecule has 0 amide bonds. The average Bonchev–Trinajstić information content (AvgIpc) is 2.14. The van der Waals surface area contributed by atoms with E-state index < -0.39 is 7.12 Å². The highest BCUT2D eigenvalue weighted by Gasteiger charge is 2.16. The van der Waals surface area contributed by atoms with Gasteiger partial charge in [-0.3, -0.25) is 0 Å². The van der Waals surface area contributed by atoms with Gasteiger partial charge in [-0.1, -0.05) is 25.7 Å². The lowest BCUT2D eigenvalue weighted by Crippen LogP contribution is -2.16. The maximum Gasteiger partial charge on any atom is 0.492 e. The topological polar surface area (TPSA) is 49.7 Å². The van der Waals surface area contributed by atoms with E-state index in [-0.39, 0.29) is 5.47 Å². The lowest BCUT2D eigenvalue weighted by molar-refractivity contribution is 0.239. The van der Waals surface area contributed by atoms with Crippen molar-refractivity contribution in [1.82, 2.24) is 0 Å². The molecular formula is C10H17BO3. The zero-order valence-corrected chi connectivity index (χ0v) is 8.73. The summed E-state index contributed by atoms with van der Waals surface area (Å²) in [5, 5.41) is 18.0. The molecule has 0 saturated heterocycles. The molecule has 0 aromatic carbocycles. The van der Waals surface area contributed by atoms with Crippen molar-refractivity contribution in [3.63, 3.8) is 0 Å². The third-order valence-corrected chi connectivity index (χ3v) is 1.59. The SMILES string of the molecule is C=C/C(B(O)O)=C(\C=C/CC)OCC. The maximum atomic E-state index is 9.02. The molecule has 0 aromatic rings. The van der Waals surface area contributed by atoms with Crippen LogP contribution >= 0.6 is 0 Å². The zero-order chi connectivity index (χ0) is 11.0. The summed E-state index contributed by atoms with van der Waals surface area (Å²) in [4.78, 5) is 0. The van der Waals surface area contributed by atoms with Crippen LogP contribution in [0.3, 0.4) is 0 Å². The number of hydrogen-bond acceptors (Lipinski definition) is 3. The first-order valence-electron chi connectivity index (χ1n) is 4.69. The Labute approximate surface area is 85.5 Å². The van der Waals surface area contributed by atoms with Crippen LogP contribution in [-0.4, -0.2) is 23.8 Å². The van der Waals surface area contributed by atoms with Crippen LogP contribution in [0, 0.1) is 0 Å². The molecule has 0 aliphatic carbocycles. The summed E-state index contributed by atoms with van der Waals surface area (Å²) in [7, 11) is -1.55. The molecule has 0 unspecified atom stereocenters. The number of allylic oxidation sites excluding steroid dienone is 4. The van der Waals surface area contributed by atoms with Crippen molar-refractivity contribution in [3.05, 3.63) is 36.0 Å². The molecule has 3 nitrogen and oxygen atoms in total. The second-order valence-electron chi connectivity index (χ2n) is 2.64. The van der Waals surface area contributed by atoms with E-state index in [2.05, 4.69) is 6.58 Å². The van der Waals surface area contributed by atoms with Crippen LogP contribution in [0.4, 0.5) is 0 Å². The van der Waals surface area contributed by atoms with Gasteiger partial charge in [0.25, 0.3) is 0 Å². The van der Waals surface area contributed by atoms with Crippen molar-refractivity contribution in [2.75, 3.05) is 6.61 Å². The van der Waals surface area contributed by atoms with Crippen LogP contribution in [0.5, 0.6) is 0 Å². The Morgan fingerprint density at radius 2 is 2.07 bits per heavy atom. The molecule has 0 heterocycles. The maximum absolute atomic E-state index is 9.02. The molecule has 4 heteroatoms. The highest BCUT2D eigenvalue weighted by molar-refractivity contribution is 6.52. The first-order chi connectivity index (χ1) is 6.67. The van der Waals surface area contributed by atoms with Gasteiger partial charge < -0.3 is 14.8 Å². The molecule has 0 aliphatic rings. The van der Waals surface area contributed by atoms with E-state index in [1.807, 2.05) is 19.9 Å². The van der Waals surface area contributed by atoms with Crippen molar-refractivity contribution in [2.45, 2.75) is 20.3 Å². The normalized spacial score (nSPS) is 12.6. The van der Waals surface area contributed by atoms with Crippen LogP contribution in [0.25, 0.3) is 0 Å². The number of ether oxygens (including phenoxy) is 1. The molecule has 0 radical (unpaired) electrons. The molecule has 0 fully saturated rings. The van der Waals surface area contributed by atoms with Gasteiger partial charge in [0.05, 0.1) is 6.61 Å². The molecular weight excluding hydrogens is 179 g/mol. The van der Waals surface area contributed by atoms with E-state index in [1.165, 1.54) is 6.08 Å². The summed E-state index contributed by atoms with van der Waals surface area (Å²) in [5.74, 6) is 0.458. The van der Waals surface area contributed by atoms with Crippen LogP contribution in [0.15, 0.2) is 36.0 Å². The molecule has 0 aliphatic heterocycles. The summed E-state index contributed by atoms with van der Waals surface area (Å²) in [6.45, 7) is 7.81. The van der Waals surface area contributed by atoms with Crippen molar-refractivity contribution in [2.24, 2.45) is 0 Å². The van der Waals surface area contributed by atoms with E-state index in [4.69, 9.17) is 14.8 Å². The Hall–Kier alpha value is -0.995. The van der Waals surface area contributed by atoms with Crippen molar-refractivity contribution in [3.8, 4) is 0 Å². The van der Waals surface area contributed by atoms with Crippen molar-refractivity contribution in [1.29, 1.82) is 0 Å². The Bertz CT molecular complexity index is 232. The molecule has 78 valence electrons. The molecule has 0 saturated carbocycles. The molecule has 14 heavy (non-hydrogen) atoms. The van der Waals surface area contributed by atoms with Gasteiger partial charge in [0.2, 0.25) is 0 Å². The van der Waals surface area contributed by atoms with Crippen LogP contribution in [0.1, 0.15) is 20.3 Å². The lowest BCUT2D eigenvalue weighted by atomic mass is 9.78. The zero-order valence-electron chi connectivity index (χ0n) is 8.73. The summed E-state index contributed by atoms with van der Waals surface area (Å²) in [5.41, 5.74) is 0.288. The predicted molar refractivity (Wildman–Crippen MR) is 58.5 cm³/mol. The third-order valence-electron chi connectivity index (χ3n) is 1.59. The Morgan fingerprint density at radius 1 is 1.43 bits per heavy atom. The van der Waals surface area contributed by atoms with Gasteiger partial charge in [-0.2, -0.15) is 0 Å². The molecule has 0 bridgehead atoms. The van der Waals surface area contributed by atoms with Gasteiger partial charge in [-0.15, -0.1) is 0 Å². The minimum atomic E-state index is -1.55. The van der Waals surface area contributed by atoms with Gasteiger partial charge in [0, 0.05) is 5.47 Å². The van der Waals surface area contributed by atoms with E-state index in [1.54, 1.807) is 6.08 Å². The van der Waals surface area contributed by atoms with E-state index in [0.717, 1.165) is 6.42 Å². The van der Waals surface area contributed by atoms with Crippen LogP contribution < -0.4 is 0 Å². The minimum absolute atomic E-state index is 0.288. The fraction of sp³-hybridized carbons (Fsp3) is 0.400. The highest BCUT2D eigenvalue weighted by atomic mass is 16.5. The molecule has 0 rings (SSSR count).